The van der Waals surface area contributed by atoms with Crippen LogP contribution in [-0.4, -0.2) is 175 Å². The molecular weight excluding hydrogens is 592 g/mol. The fraction of sp³-hybridized carbons (Fsp3) is 0.870. The lowest BCUT2D eigenvalue weighted by Gasteiger charge is -2.48. The highest BCUT2D eigenvalue weighted by Gasteiger charge is 2.55. The first-order valence-corrected chi connectivity index (χ1v) is 13.1. The SMILES string of the molecule is CC(=O)N[C@H]1[C@@H](OC[C@H](O)CO)O[C@H](C)[C@H](N)[C@@H]1O[C@H]1O[C@H](C(=O)O)[C@H](O)[C@H](O[C@H]2O[C@H](C(=O)O)[C@H](O)[C@H](O)[C@H]2O)[C@H]1O. The highest BCUT2D eigenvalue weighted by Crippen LogP contribution is 2.32. The first-order valence-electron chi connectivity index (χ1n) is 13.1. The maximum Gasteiger partial charge on any atom is 0.335 e. The molecule has 3 heterocycles. The van der Waals surface area contributed by atoms with Crippen LogP contribution in [0.4, 0.5) is 0 Å². The fourth-order valence-corrected chi connectivity index (χ4v) is 4.80. The number of carbonyl (C=O) groups is 3. The third-order valence-electron chi connectivity index (χ3n) is 7.13. The fourth-order valence-electron chi connectivity index (χ4n) is 4.80. The number of nitrogens with two attached hydrogens (primary N) is 1. The second-order valence-electron chi connectivity index (χ2n) is 10.4. The lowest BCUT2D eigenvalue weighted by Crippen LogP contribution is -2.70. The van der Waals surface area contributed by atoms with Crippen molar-refractivity contribution in [2.24, 2.45) is 5.73 Å². The minimum Gasteiger partial charge on any atom is -0.479 e. The van der Waals surface area contributed by atoms with Crippen LogP contribution in [0.25, 0.3) is 0 Å². The number of hydrogen-bond donors (Lipinski definition) is 11. The molecule has 20 heteroatoms. The Hall–Kier alpha value is -2.15. The molecule has 0 radical (unpaired) electrons. The van der Waals surface area contributed by atoms with Gasteiger partial charge in [-0.2, -0.15) is 0 Å². The standard InChI is InChI=1S/C23H38N2O18/c1-5-8(24)15(9(25-6(2)27)21(39-5)38-4-7(28)3-26)40-23-14(33)16(13(32)18(43-23)20(36)37)41-22-12(31)10(29)11(30)17(42-22)19(34)35/h5,7-18,21-23,26,28-33H,3-4,24H2,1-2H3,(H,25,27)(H,34,35)(H,36,37)/t5-,7-,8+,9-,10+,11-,12-,13-,14-,15+,16+,17+,18+,21+,22+,23+/m1/s1. The zero-order valence-corrected chi connectivity index (χ0v) is 22.9. The van der Waals surface area contributed by atoms with E-state index < -0.39 is 129 Å². The van der Waals surface area contributed by atoms with E-state index in [0.717, 1.165) is 6.92 Å². The van der Waals surface area contributed by atoms with Crippen molar-refractivity contribution in [3.8, 4) is 0 Å². The Morgan fingerprint density at radius 1 is 0.814 bits per heavy atom. The summed E-state index contributed by atoms with van der Waals surface area (Å²) < 4.78 is 32.7. The molecular formula is C23H38N2O18. The van der Waals surface area contributed by atoms with E-state index in [0.29, 0.717) is 0 Å². The zero-order valence-electron chi connectivity index (χ0n) is 22.9. The molecule has 0 spiro atoms. The van der Waals surface area contributed by atoms with Gasteiger partial charge in [-0.05, 0) is 6.92 Å². The van der Waals surface area contributed by atoms with Crippen LogP contribution in [0.15, 0.2) is 0 Å². The predicted octanol–water partition coefficient (Wildman–Crippen LogP) is -6.87. The van der Waals surface area contributed by atoms with Crippen LogP contribution in [-0.2, 0) is 42.8 Å². The van der Waals surface area contributed by atoms with Crippen molar-refractivity contribution in [3.63, 3.8) is 0 Å². The minimum atomic E-state index is -2.18. The molecule has 3 aliphatic rings. The van der Waals surface area contributed by atoms with Crippen molar-refractivity contribution < 1.29 is 88.8 Å². The Morgan fingerprint density at radius 2 is 1.35 bits per heavy atom. The topological polar surface area (TPSA) is 327 Å². The van der Waals surface area contributed by atoms with Crippen LogP contribution >= 0.6 is 0 Å². The normalized spacial score (nSPS) is 44.4. The highest BCUT2D eigenvalue weighted by molar-refractivity contribution is 5.74. The van der Waals surface area contributed by atoms with Gasteiger partial charge in [0.2, 0.25) is 5.91 Å². The molecule has 20 nitrogen and oxygen atoms in total. The average molecular weight is 631 g/mol. The largest absolute Gasteiger partial charge is 0.479 e. The summed E-state index contributed by atoms with van der Waals surface area (Å²) in [4.78, 5) is 35.4. The van der Waals surface area contributed by atoms with Crippen molar-refractivity contribution >= 4 is 17.8 Å². The lowest BCUT2D eigenvalue weighted by atomic mass is 9.94. The first-order chi connectivity index (χ1) is 20.1. The summed E-state index contributed by atoms with van der Waals surface area (Å²) in [6.45, 7) is 1.53. The number of hydrogen-bond acceptors (Lipinski definition) is 17. The molecule has 0 bridgehead atoms. The summed E-state index contributed by atoms with van der Waals surface area (Å²) in [6, 6.07) is -2.36. The molecule has 0 aliphatic carbocycles. The summed E-state index contributed by atoms with van der Waals surface area (Å²) in [7, 11) is 0. The quantitative estimate of drug-likeness (QED) is 0.101. The Labute approximate surface area is 243 Å². The van der Waals surface area contributed by atoms with E-state index in [4.69, 9.17) is 39.3 Å². The second-order valence-corrected chi connectivity index (χ2v) is 10.4. The van der Waals surface area contributed by atoms with Gasteiger partial charge in [0.1, 0.15) is 54.9 Å². The molecule has 16 atom stereocenters. The number of nitrogens with one attached hydrogen (secondary N) is 1. The molecule has 1 amide bonds. The number of ether oxygens (including phenoxy) is 6. The third kappa shape index (κ3) is 7.93. The third-order valence-corrected chi connectivity index (χ3v) is 7.13. The number of aliphatic hydroxyl groups excluding tert-OH is 7. The van der Waals surface area contributed by atoms with Gasteiger partial charge < -0.3 is 85.4 Å². The maximum absolute atomic E-state index is 12.0. The summed E-state index contributed by atoms with van der Waals surface area (Å²) in [6.07, 6.45) is -25.9. The van der Waals surface area contributed by atoms with Crippen LogP contribution in [0.5, 0.6) is 0 Å². The van der Waals surface area contributed by atoms with E-state index in [1.54, 1.807) is 0 Å². The number of aliphatic carboxylic acids is 2. The summed E-state index contributed by atoms with van der Waals surface area (Å²) >= 11 is 0. The first kappa shape index (κ1) is 35.3. The van der Waals surface area contributed by atoms with Crippen molar-refractivity contribution in [2.45, 2.75) is 112 Å². The number of carboxylic acid groups (broad SMARTS) is 2. The molecule has 43 heavy (non-hydrogen) atoms. The van der Waals surface area contributed by atoms with E-state index in [2.05, 4.69) is 5.32 Å². The van der Waals surface area contributed by atoms with Gasteiger partial charge in [0, 0.05) is 6.92 Å². The van der Waals surface area contributed by atoms with Crippen molar-refractivity contribution in [1.29, 1.82) is 0 Å². The monoisotopic (exact) mass is 630 g/mol. The Bertz CT molecular complexity index is 975. The summed E-state index contributed by atoms with van der Waals surface area (Å²) in [5, 5.41) is 92.3. The van der Waals surface area contributed by atoms with Crippen molar-refractivity contribution in [2.75, 3.05) is 13.2 Å². The Morgan fingerprint density at radius 3 is 1.88 bits per heavy atom. The number of carbonyl (C=O) groups excluding carboxylic acids is 1. The summed E-state index contributed by atoms with van der Waals surface area (Å²) in [5.41, 5.74) is 6.25. The van der Waals surface area contributed by atoms with Gasteiger partial charge >= 0.3 is 11.9 Å². The lowest BCUT2D eigenvalue weighted by molar-refractivity contribution is -0.362. The molecule has 0 unspecified atom stereocenters. The van der Waals surface area contributed by atoms with Crippen molar-refractivity contribution in [1.82, 2.24) is 5.32 Å². The van der Waals surface area contributed by atoms with Gasteiger partial charge in [-0.3, -0.25) is 4.79 Å². The highest BCUT2D eigenvalue weighted by atomic mass is 16.7. The molecule has 0 aromatic rings. The van der Waals surface area contributed by atoms with Gasteiger partial charge in [0.05, 0.1) is 25.4 Å². The van der Waals surface area contributed by atoms with Gasteiger partial charge in [-0.15, -0.1) is 0 Å². The Kier molecular flexibility index (Phi) is 12.1. The van der Waals surface area contributed by atoms with E-state index in [9.17, 15) is 55.2 Å². The van der Waals surface area contributed by atoms with E-state index in [1.165, 1.54) is 6.92 Å². The molecule has 3 fully saturated rings. The second kappa shape index (κ2) is 14.8. The molecule has 248 valence electrons. The van der Waals surface area contributed by atoms with Crippen molar-refractivity contribution in [3.05, 3.63) is 0 Å². The molecule has 0 saturated carbocycles. The van der Waals surface area contributed by atoms with E-state index in [-0.39, 0.29) is 0 Å². The summed E-state index contributed by atoms with van der Waals surface area (Å²) in [5.74, 6) is -4.13. The number of amides is 1. The van der Waals surface area contributed by atoms with Gasteiger partial charge in [-0.25, -0.2) is 9.59 Å². The van der Waals surface area contributed by atoms with E-state index in [1.807, 2.05) is 0 Å². The van der Waals surface area contributed by atoms with E-state index >= 15 is 0 Å². The van der Waals surface area contributed by atoms with Gasteiger partial charge in [0.25, 0.3) is 0 Å². The average Bonchev–Trinajstić information content (AvgIpc) is 2.94. The van der Waals surface area contributed by atoms with Crippen LogP contribution in [0.1, 0.15) is 13.8 Å². The molecule has 0 aromatic heterocycles. The zero-order chi connectivity index (χ0) is 32.3. The smallest absolute Gasteiger partial charge is 0.335 e. The minimum absolute atomic E-state index is 0.445. The molecule has 3 rings (SSSR count). The van der Waals surface area contributed by atoms with Crippen LogP contribution < -0.4 is 11.1 Å². The predicted molar refractivity (Wildman–Crippen MR) is 131 cm³/mol. The molecule has 12 N–H and O–H groups in total. The van der Waals surface area contributed by atoms with Crippen LogP contribution in [0.2, 0.25) is 0 Å². The number of aliphatic hydroxyl groups is 7. The number of carboxylic acids is 2. The van der Waals surface area contributed by atoms with Gasteiger partial charge in [-0.1, -0.05) is 0 Å². The van der Waals surface area contributed by atoms with Crippen LogP contribution in [0.3, 0.4) is 0 Å². The molecule has 3 aliphatic heterocycles. The Balaban J connectivity index is 1.89. The molecule has 3 saturated heterocycles. The van der Waals surface area contributed by atoms with Crippen LogP contribution in [0, 0.1) is 0 Å². The number of rotatable bonds is 11. The van der Waals surface area contributed by atoms with Gasteiger partial charge in [0.15, 0.2) is 31.1 Å². The molecule has 0 aromatic carbocycles. The maximum atomic E-state index is 12.0.